The van der Waals surface area contributed by atoms with Crippen molar-refractivity contribution in [3.05, 3.63) is 25.0 Å². The Labute approximate surface area is 77.9 Å². The van der Waals surface area contributed by atoms with Crippen molar-refractivity contribution in [1.29, 1.82) is 0 Å². The Balaban J connectivity index is 2.58. The van der Waals surface area contributed by atoms with Gasteiger partial charge >= 0.3 is 0 Å². The van der Waals surface area contributed by atoms with Crippen LogP contribution in [0.5, 0.6) is 0 Å². The van der Waals surface area contributed by atoms with E-state index >= 15 is 0 Å². The molecule has 1 heterocycles. The lowest BCUT2D eigenvalue weighted by Crippen LogP contribution is -2.15. The van der Waals surface area contributed by atoms with Crippen LogP contribution in [0.3, 0.4) is 0 Å². The number of hydrogen-bond acceptors (Lipinski definition) is 4. The fourth-order valence-electron chi connectivity index (χ4n) is 1.01. The summed E-state index contributed by atoms with van der Waals surface area (Å²) < 4.78 is 0. The van der Waals surface area contributed by atoms with Crippen molar-refractivity contribution in [3.63, 3.8) is 0 Å². The van der Waals surface area contributed by atoms with E-state index in [-0.39, 0.29) is 0 Å². The molecule has 0 saturated carbocycles. The fraction of sp³-hybridized carbons (Fsp3) is 0.333. The number of nitrogens with zero attached hydrogens (tertiary/aromatic N) is 2. The van der Waals surface area contributed by atoms with Gasteiger partial charge in [0.1, 0.15) is 18.0 Å². The van der Waals surface area contributed by atoms with Gasteiger partial charge in [-0.3, -0.25) is 0 Å². The maximum atomic E-state index is 5.50. The van der Waals surface area contributed by atoms with Gasteiger partial charge in [-0.1, -0.05) is 6.08 Å². The van der Waals surface area contributed by atoms with Gasteiger partial charge in [-0.15, -0.1) is 6.58 Å². The van der Waals surface area contributed by atoms with E-state index in [9.17, 15) is 0 Å². The van der Waals surface area contributed by atoms with E-state index in [1.165, 1.54) is 6.33 Å². The van der Waals surface area contributed by atoms with Gasteiger partial charge in [0.2, 0.25) is 0 Å². The van der Waals surface area contributed by atoms with Crippen LogP contribution < -0.4 is 11.1 Å². The highest BCUT2D eigenvalue weighted by Gasteiger charge is 2.00. The van der Waals surface area contributed by atoms with E-state index in [1.807, 2.05) is 6.08 Å². The Morgan fingerprint density at radius 3 is 3.08 bits per heavy atom. The lowest BCUT2D eigenvalue weighted by molar-refractivity contribution is 0.806. The highest BCUT2D eigenvalue weighted by Crippen LogP contribution is 2.07. The van der Waals surface area contributed by atoms with Crippen molar-refractivity contribution in [2.45, 2.75) is 19.4 Å². The SMILES string of the molecule is C=CCC(C)Nc1cc(N)ncn1. The summed E-state index contributed by atoms with van der Waals surface area (Å²) in [5.74, 6) is 1.23. The van der Waals surface area contributed by atoms with Crippen LogP contribution in [0.4, 0.5) is 11.6 Å². The van der Waals surface area contributed by atoms with Crippen LogP contribution in [-0.2, 0) is 0 Å². The number of hydrogen-bond donors (Lipinski definition) is 2. The largest absolute Gasteiger partial charge is 0.384 e. The van der Waals surface area contributed by atoms with Gasteiger partial charge < -0.3 is 11.1 Å². The summed E-state index contributed by atoms with van der Waals surface area (Å²) in [5, 5.41) is 3.18. The van der Waals surface area contributed by atoms with E-state index in [0.717, 1.165) is 12.2 Å². The lowest BCUT2D eigenvalue weighted by Gasteiger charge is -2.11. The molecule has 0 aromatic carbocycles. The smallest absolute Gasteiger partial charge is 0.131 e. The fourth-order valence-corrected chi connectivity index (χ4v) is 1.01. The van der Waals surface area contributed by atoms with Gasteiger partial charge in [-0.05, 0) is 13.3 Å². The van der Waals surface area contributed by atoms with Gasteiger partial charge in [0.15, 0.2) is 0 Å². The minimum Gasteiger partial charge on any atom is -0.384 e. The quantitative estimate of drug-likeness (QED) is 0.685. The molecule has 0 saturated heterocycles. The summed E-state index contributed by atoms with van der Waals surface area (Å²) in [5.41, 5.74) is 5.50. The molecule has 1 atom stereocenters. The minimum atomic E-state index is 0.312. The molecule has 3 N–H and O–H groups in total. The topological polar surface area (TPSA) is 63.8 Å². The zero-order valence-electron chi connectivity index (χ0n) is 7.70. The van der Waals surface area contributed by atoms with Gasteiger partial charge in [0, 0.05) is 12.1 Å². The first-order valence-electron chi connectivity index (χ1n) is 4.17. The second-order valence-electron chi connectivity index (χ2n) is 2.90. The molecule has 13 heavy (non-hydrogen) atoms. The summed E-state index contributed by atoms with van der Waals surface area (Å²) in [6.07, 6.45) is 4.20. The zero-order valence-corrected chi connectivity index (χ0v) is 7.70. The monoisotopic (exact) mass is 178 g/mol. The standard InChI is InChI=1S/C9H14N4/c1-3-4-7(2)13-9-5-8(10)11-6-12-9/h3,5-7H,1,4H2,2H3,(H3,10,11,12,13). The number of anilines is 2. The molecule has 0 spiro atoms. The van der Waals surface area contributed by atoms with Crippen molar-refractivity contribution in [1.82, 2.24) is 9.97 Å². The normalized spacial score (nSPS) is 12.1. The molecule has 0 amide bonds. The van der Waals surface area contributed by atoms with E-state index < -0.39 is 0 Å². The van der Waals surface area contributed by atoms with E-state index in [1.54, 1.807) is 6.07 Å². The Morgan fingerprint density at radius 2 is 2.46 bits per heavy atom. The predicted octanol–water partition coefficient (Wildman–Crippen LogP) is 1.44. The van der Waals surface area contributed by atoms with Crippen LogP contribution in [0.15, 0.2) is 25.0 Å². The molecule has 4 heteroatoms. The van der Waals surface area contributed by atoms with E-state index in [2.05, 4.69) is 28.8 Å². The molecular weight excluding hydrogens is 164 g/mol. The molecule has 1 unspecified atom stereocenters. The summed E-state index contributed by atoms with van der Waals surface area (Å²) >= 11 is 0. The van der Waals surface area contributed by atoms with Gasteiger partial charge in [0.05, 0.1) is 0 Å². The molecule has 1 aromatic heterocycles. The van der Waals surface area contributed by atoms with Crippen molar-refractivity contribution in [3.8, 4) is 0 Å². The molecule has 0 bridgehead atoms. The van der Waals surface area contributed by atoms with Crippen LogP contribution in [-0.4, -0.2) is 16.0 Å². The molecule has 0 aliphatic rings. The second kappa shape index (κ2) is 4.45. The number of nitrogens with one attached hydrogen (secondary N) is 1. The Kier molecular flexibility index (Phi) is 3.25. The number of nitrogens with two attached hydrogens (primary N) is 1. The molecule has 0 fully saturated rings. The zero-order chi connectivity index (χ0) is 9.68. The molecule has 4 nitrogen and oxygen atoms in total. The van der Waals surface area contributed by atoms with Crippen molar-refractivity contribution < 1.29 is 0 Å². The summed E-state index contributed by atoms with van der Waals surface area (Å²) in [7, 11) is 0. The van der Waals surface area contributed by atoms with Crippen LogP contribution in [0.2, 0.25) is 0 Å². The molecule has 1 rings (SSSR count). The summed E-state index contributed by atoms with van der Waals surface area (Å²) in [4.78, 5) is 7.82. The molecular formula is C9H14N4. The maximum absolute atomic E-state index is 5.50. The first-order valence-corrected chi connectivity index (χ1v) is 4.17. The third kappa shape index (κ3) is 3.11. The van der Waals surface area contributed by atoms with Gasteiger partial charge in [-0.25, -0.2) is 9.97 Å². The van der Waals surface area contributed by atoms with Crippen LogP contribution in [0.1, 0.15) is 13.3 Å². The maximum Gasteiger partial charge on any atom is 0.131 e. The third-order valence-corrected chi connectivity index (χ3v) is 1.60. The molecule has 70 valence electrons. The lowest BCUT2D eigenvalue weighted by atomic mass is 10.2. The highest BCUT2D eigenvalue weighted by atomic mass is 15.0. The van der Waals surface area contributed by atoms with E-state index in [4.69, 9.17) is 5.73 Å². The Bertz CT molecular complexity index is 285. The van der Waals surface area contributed by atoms with Crippen molar-refractivity contribution >= 4 is 11.6 Å². The average molecular weight is 178 g/mol. The number of aromatic nitrogens is 2. The summed E-state index contributed by atoms with van der Waals surface area (Å²) in [6.45, 7) is 5.72. The third-order valence-electron chi connectivity index (χ3n) is 1.60. The Morgan fingerprint density at radius 1 is 1.69 bits per heavy atom. The van der Waals surface area contributed by atoms with Crippen LogP contribution >= 0.6 is 0 Å². The number of rotatable bonds is 4. The molecule has 1 aromatic rings. The molecule has 0 radical (unpaired) electrons. The van der Waals surface area contributed by atoms with Crippen molar-refractivity contribution in [2.75, 3.05) is 11.1 Å². The number of nitrogen functional groups attached to an aromatic ring is 1. The first-order chi connectivity index (χ1) is 6.22. The average Bonchev–Trinajstić information content (AvgIpc) is 2.04. The van der Waals surface area contributed by atoms with Crippen LogP contribution in [0, 0.1) is 0 Å². The molecule has 0 aliphatic heterocycles. The first kappa shape index (κ1) is 9.51. The highest BCUT2D eigenvalue weighted by molar-refractivity contribution is 5.43. The second-order valence-corrected chi connectivity index (χ2v) is 2.90. The predicted molar refractivity (Wildman–Crippen MR) is 54.3 cm³/mol. The van der Waals surface area contributed by atoms with Gasteiger partial charge in [-0.2, -0.15) is 0 Å². The van der Waals surface area contributed by atoms with Crippen LogP contribution in [0.25, 0.3) is 0 Å². The van der Waals surface area contributed by atoms with E-state index in [0.29, 0.717) is 11.9 Å². The van der Waals surface area contributed by atoms with Gasteiger partial charge in [0.25, 0.3) is 0 Å². The minimum absolute atomic E-state index is 0.312. The molecule has 0 aliphatic carbocycles. The Hall–Kier alpha value is -1.58. The van der Waals surface area contributed by atoms with Crippen molar-refractivity contribution in [2.24, 2.45) is 0 Å². The summed E-state index contributed by atoms with van der Waals surface area (Å²) in [6, 6.07) is 2.02.